The quantitative estimate of drug-likeness (QED) is 0.846. The molecule has 1 atom stereocenters. The fraction of sp³-hybridized carbons (Fsp3) is 0.455. The molecule has 0 amide bonds. The molecular formula is C11H13F3O4S. The Hall–Kier alpha value is -1.12. The van der Waals surface area contributed by atoms with Crippen LogP contribution in [0.3, 0.4) is 0 Å². The highest BCUT2D eigenvalue weighted by Gasteiger charge is 2.37. The molecule has 0 spiro atoms. The van der Waals surface area contributed by atoms with Gasteiger partial charge in [-0.2, -0.15) is 21.6 Å². The molecule has 1 aromatic carbocycles. The summed E-state index contributed by atoms with van der Waals surface area (Å²) in [5.41, 5.74) is -1.27. The molecule has 8 heteroatoms. The van der Waals surface area contributed by atoms with Gasteiger partial charge in [0.05, 0.1) is 18.3 Å². The van der Waals surface area contributed by atoms with E-state index in [4.69, 9.17) is 5.11 Å². The van der Waals surface area contributed by atoms with Crippen molar-refractivity contribution in [1.82, 2.24) is 0 Å². The molecule has 0 radical (unpaired) electrons. The Morgan fingerprint density at radius 2 is 1.89 bits per heavy atom. The van der Waals surface area contributed by atoms with Crippen LogP contribution < -0.4 is 0 Å². The minimum atomic E-state index is -4.78. The molecule has 1 unspecified atom stereocenters. The summed E-state index contributed by atoms with van der Waals surface area (Å²) in [6, 6.07) is 3.78. The number of hydrogen-bond donors (Lipinski definition) is 1. The molecule has 0 heterocycles. The molecule has 0 saturated heterocycles. The first-order valence-electron chi connectivity index (χ1n) is 5.38. The van der Waals surface area contributed by atoms with Gasteiger partial charge in [0.15, 0.2) is 0 Å². The molecule has 108 valence electrons. The molecule has 0 aromatic heterocycles. The van der Waals surface area contributed by atoms with E-state index >= 15 is 0 Å². The average Bonchev–Trinajstić information content (AvgIpc) is 2.27. The van der Waals surface area contributed by atoms with Crippen molar-refractivity contribution >= 4 is 10.1 Å². The second kappa shape index (κ2) is 5.89. The lowest BCUT2D eigenvalue weighted by atomic mass is 10.2. The van der Waals surface area contributed by atoms with Gasteiger partial charge in [0, 0.05) is 0 Å². The van der Waals surface area contributed by atoms with Gasteiger partial charge in [0.25, 0.3) is 10.1 Å². The molecule has 1 N–H and O–H groups in total. The van der Waals surface area contributed by atoms with Crippen LogP contribution in [0.15, 0.2) is 29.2 Å². The van der Waals surface area contributed by atoms with E-state index in [-0.39, 0.29) is 13.0 Å². The second-order valence-corrected chi connectivity index (χ2v) is 5.49. The van der Waals surface area contributed by atoms with Crippen LogP contribution in [0.25, 0.3) is 0 Å². The number of hydrogen-bond acceptors (Lipinski definition) is 4. The first kappa shape index (κ1) is 15.9. The molecule has 19 heavy (non-hydrogen) atoms. The summed E-state index contributed by atoms with van der Waals surface area (Å²) >= 11 is 0. The number of halogens is 3. The van der Waals surface area contributed by atoms with Gasteiger partial charge >= 0.3 is 6.18 Å². The number of aliphatic hydroxyl groups is 1. The van der Waals surface area contributed by atoms with Crippen LogP contribution in [-0.2, 0) is 20.5 Å². The number of aliphatic hydroxyl groups excluding tert-OH is 1. The van der Waals surface area contributed by atoms with Gasteiger partial charge in [0.2, 0.25) is 0 Å². The largest absolute Gasteiger partial charge is 0.417 e. The van der Waals surface area contributed by atoms with E-state index in [9.17, 15) is 21.6 Å². The third-order valence-electron chi connectivity index (χ3n) is 2.24. The molecule has 1 aromatic rings. The van der Waals surface area contributed by atoms with Crippen LogP contribution in [0.1, 0.15) is 18.9 Å². The monoisotopic (exact) mass is 298 g/mol. The van der Waals surface area contributed by atoms with E-state index in [1.54, 1.807) is 0 Å². The summed E-state index contributed by atoms with van der Waals surface area (Å²) in [4.78, 5) is -0.923. The topological polar surface area (TPSA) is 63.6 Å². The number of rotatable bonds is 5. The summed E-state index contributed by atoms with van der Waals surface area (Å²) < 4.78 is 65.8. The average molecular weight is 298 g/mol. The highest BCUT2D eigenvalue weighted by Crippen LogP contribution is 2.34. The van der Waals surface area contributed by atoms with E-state index in [0.717, 1.165) is 12.1 Å². The fourth-order valence-corrected chi connectivity index (χ4v) is 2.45. The third-order valence-corrected chi connectivity index (χ3v) is 3.61. The maximum absolute atomic E-state index is 12.7. The van der Waals surface area contributed by atoms with E-state index in [1.165, 1.54) is 13.0 Å². The summed E-state index contributed by atoms with van der Waals surface area (Å²) in [5, 5.41) is 8.95. The Morgan fingerprint density at radius 1 is 1.32 bits per heavy atom. The lowest BCUT2D eigenvalue weighted by Gasteiger charge is -2.13. The van der Waals surface area contributed by atoms with E-state index in [2.05, 4.69) is 4.18 Å². The SMILES string of the molecule is CC(O)CCOS(=O)(=O)c1ccccc1C(F)(F)F. The van der Waals surface area contributed by atoms with Gasteiger partial charge in [0.1, 0.15) is 4.90 Å². The van der Waals surface area contributed by atoms with Crippen molar-refractivity contribution in [3.05, 3.63) is 29.8 Å². The van der Waals surface area contributed by atoms with E-state index in [1.807, 2.05) is 0 Å². The van der Waals surface area contributed by atoms with Gasteiger partial charge in [-0.1, -0.05) is 12.1 Å². The maximum atomic E-state index is 12.7. The summed E-state index contributed by atoms with van der Waals surface area (Å²) in [6.07, 6.45) is -5.57. The highest BCUT2D eigenvalue weighted by atomic mass is 32.2. The first-order valence-corrected chi connectivity index (χ1v) is 6.79. The normalized spacial score (nSPS) is 14.4. The Labute approximate surface area is 108 Å². The van der Waals surface area contributed by atoms with E-state index in [0.29, 0.717) is 6.07 Å². The zero-order valence-electron chi connectivity index (χ0n) is 10.0. The van der Waals surface area contributed by atoms with Crippen LogP contribution in [0.5, 0.6) is 0 Å². The predicted molar refractivity (Wildman–Crippen MR) is 60.9 cm³/mol. The van der Waals surface area contributed by atoms with Crippen molar-refractivity contribution in [2.45, 2.75) is 30.5 Å². The molecule has 0 bridgehead atoms. The van der Waals surface area contributed by atoms with Crippen molar-refractivity contribution < 1.29 is 30.9 Å². The standard InChI is InChI=1S/C11H13F3O4S/c1-8(15)6-7-18-19(16,17)10-5-3-2-4-9(10)11(12,13)14/h2-5,8,15H,6-7H2,1H3. The second-order valence-electron chi connectivity index (χ2n) is 3.91. The molecule has 1 rings (SSSR count). The van der Waals surface area contributed by atoms with Crippen molar-refractivity contribution in [2.24, 2.45) is 0 Å². The molecule has 0 saturated carbocycles. The third kappa shape index (κ3) is 4.48. The summed E-state index contributed by atoms with van der Waals surface area (Å²) in [5.74, 6) is 0. The van der Waals surface area contributed by atoms with Crippen molar-refractivity contribution in [2.75, 3.05) is 6.61 Å². The molecule has 0 aliphatic heterocycles. The van der Waals surface area contributed by atoms with Crippen molar-refractivity contribution in [3.63, 3.8) is 0 Å². The van der Waals surface area contributed by atoms with Gasteiger partial charge in [-0.05, 0) is 25.5 Å². The van der Waals surface area contributed by atoms with Gasteiger partial charge < -0.3 is 5.11 Å². The molecule has 0 aliphatic carbocycles. The summed E-state index contributed by atoms with van der Waals surface area (Å²) in [7, 11) is -4.50. The van der Waals surface area contributed by atoms with Crippen LogP contribution >= 0.6 is 0 Å². The smallest absolute Gasteiger partial charge is 0.393 e. The Kier molecular flexibility index (Phi) is 4.94. The Bertz CT molecular complexity index is 523. The van der Waals surface area contributed by atoms with Gasteiger partial charge in [-0.15, -0.1) is 0 Å². The lowest BCUT2D eigenvalue weighted by molar-refractivity contribution is -0.140. The van der Waals surface area contributed by atoms with Crippen LogP contribution in [0.2, 0.25) is 0 Å². The molecule has 0 aliphatic rings. The fourth-order valence-electron chi connectivity index (χ4n) is 1.31. The van der Waals surface area contributed by atoms with E-state index < -0.39 is 32.9 Å². The zero-order chi connectivity index (χ0) is 14.7. The first-order chi connectivity index (χ1) is 8.64. The van der Waals surface area contributed by atoms with Crippen molar-refractivity contribution in [3.8, 4) is 0 Å². The van der Waals surface area contributed by atoms with Crippen LogP contribution in [-0.4, -0.2) is 26.2 Å². The maximum Gasteiger partial charge on any atom is 0.417 e. The van der Waals surface area contributed by atoms with Gasteiger partial charge in [-0.3, -0.25) is 4.18 Å². The minimum absolute atomic E-state index is 0.00736. The van der Waals surface area contributed by atoms with Crippen molar-refractivity contribution in [1.29, 1.82) is 0 Å². The number of benzene rings is 1. The molecule has 0 fully saturated rings. The Morgan fingerprint density at radius 3 is 2.42 bits per heavy atom. The lowest BCUT2D eigenvalue weighted by Crippen LogP contribution is -2.16. The minimum Gasteiger partial charge on any atom is -0.393 e. The molecule has 4 nitrogen and oxygen atoms in total. The summed E-state index contributed by atoms with van der Waals surface area (Å²) in [6.45, 7) is 1.03. The zero-order valence-corrected chi connectivity index (χ0v) is 10.8. The van der Waals surface area contributed by atoms with Gasteiger partial charge in [-0.25, -0.2) is 0 Å². The van der Waals surface area contributed by atoms with Crippen LogP contribution in [0, 0.1) is 0 Å². The number of alkyl halides is 3. The Balaban J connectivity index is 3.02. The molecular weight excluding hydrogens is 285 g/mol. The predicted octanol–water partition coefficient (Wildman–Crippen LogP) is 2.18. The van der Waals surface area contributed by atoms with Crippen LogP contribution in [0.4, 0.5) is 13.2 Å². The highest BCUT2D eigenvalue weighted by molar-refractivity contribution is 7.86.